The minimum Gasteiger partial charge on any atom is -0.330 e. The third-order valence-corrected chi connectivity index (χ3v) is 4.63. The number of aromatic nitrogens is 1. The molecule has 1 fully saturated rings. The zero-order chi connectivity index (χ0) is 12.5. The summed E-state index contributed by atoms with van der Waals surface area (Å²) in [6.45, 7) is 8.90. The molecule has 0 spiro atoms. The van der Waals surface area contributed by atoms with Crippen LogP contribution < -0.4 is 10.6 Å². The monoisotopic (exact) mass is 255 g/mol. The lowest BCUT2D eigenvalue weighted by Gasteiger charge is -2.22. The fourth-order valence-electron chi connectivity index (χ4n) is 2.40. The van der Waals surface area contributed by atoms with Crippen molar-refractivity contribution >= 4 is 11.3 Å². The largest absolute Gasteiger partial charge is 0.330 e. The summed E-state index contributed by atoms with van der Waals surface area (Å²) in [6.07, 6.45) is 1.17. The van der Waals surface area contributed by atoms with E-state index in [0.29, 0.717) is 0 Å². The fraction of sp³-hybridized carbons (Fsp3) is 0.750. The first-order valence-corrected chi connectivity index (χ1v) is 6.99. The molecule has 0 bridgehead atoms. The molecule has 2 rings (SSSR count). The van der Waals surface area contributed by atoms with Crippen LogP contribution in [0.3, 0.4) is 0 Å². The van der Waals surface area contributed by atoms with Crippen LogP contribution in [-0.2, 0) is 6.54 Å². The maximum absolute atomic E-state index is 11.6. The number of nitrogens with zero attached hydrogens (tertiary/aromatic N) is 2. The number of nitrogens with two attached hydrogens (primary N) is 1. The summed E-state index contributed by atoms with van der Waals surface area (Å²) in [5, 5.41) is 1.93. The van der Waals surface area contributed by atoms with E-state index in [1.54, 1.807) is 0 Å². The molecule has 2 N–H and O–H groups in total. The molecule has 96 valence electrons. The third kappa shape index (κ3) is 2.78. The highest BCUT2D eigenvalue weighted by molar-refractivity contribution is 7.07. The van der Waals surface area contributed by atoms with E-state index in [2.05, 4.69) is 11.8 Å². The number of hydrogen-bond donors (Lipinski definition) is 1. The van der Waals surface area contributed by atoms with Gasteiger partial charge in [0.25, 0.3) is 0 Å². The predicted octanol–water partition coefficient (Wildman–Crippen LogP) is 0.889. The lowest BCUT2D eigenvalue weighted by Crippen LogP contribution is -2.33. The van der Waals surface area contributed by atoms with E-state index in [4.69, 9.17) is 5.73 Å². The quantitative estimate of drug-likeness (QED) is 0.869. The molecule has 1 aromatic rings. The summed E-state index contributed by atoms with van der Waals surface area (Å²) in [7, 11) is 0. The van der Waals surface area contributed by atoms with Gasteiger partial charge in [-0.1, -0.05) is 18.3 Å². The van der Waals surface area contributed by atoms with Crippen LogP contribution >= 0.6 is 11.3 Å². The van der Waals surface area contributed by atoms with Gasteiger partial charge >= 0.3 is 4.87 Å². The maximum Gasteiger partial charge on any atom is 0.307 e. The Bertz CT molecular complexity index is 439. The molecule has 0 radical (unpaired) electrons. The van der Waals surface area contributed by atoms with Gasteiger partial charge in [-0.2, -0.15) is 0 Å². The fourth-order valence-corrected chi connectivity index (χ4v) is 3.16. The van der Waals surface area contributed by atoms with Gasteiger partial charge in [0, 0.05) is 30.7 Å². The van der Waals surface area contributed by atoms with Gasteiger partial charge in [-0.3, -0.25) is 4.79 Å². The third-order valence-electron chi connectivity index (χ3n) is 3.75. The van der Waals surface area contributed by atoms with Crippen LogP contribution in [0.25, 0.3) is 0 Å². The second-order valence-corrected chi connectivity index (χ2v) is 6.16. The molecule has 1 aromatic heterocycles. The van der Waals surface area contributed by atoms with Crippen molar-refractivity contribution in [2.45, 2.75) is 26.8 Å². The lowest BCUT2D eigenvalue weighted by molar-refractivity contribution is 0.271. The molecular weight excluding hydrogens is 234 g/mol. The van der Waals surface area contributed by atoms with Gasteiger partial charge in [-0.15, -0.1) is 0 Å². The van der Waals surface area contributed by atoms with Crippen molar-refractivity contribution in [3.05, 3.63) is 20.7 Å². The van der Waals surface area contributed by atoms with Gasteiger partial charge in [0.1, 0.15) is 0 Å². The zero-order valence-electron chi connectivity index (χ0n) is 10.6. The average Bonchev–Trinajstić information content (AvgIpc) is 2.83. The molecule has 5 heteroatoms. The van der Waals surface area contributed by atoms with Gasteiger partial charge in [0.2, 0.25) is 0 Å². The Kier molecular flexibility index (Phi) is 3.70. The highest BCUT2D eigenvalue weighted by atomic mass is 32.1. The average molecular weight is 255 g/mol. The Morgan fingerprint density at radius 2 is 2.29 bits per heavy atom. The summed E-state index contributed by atoms with van der Waals surface area (Å²) in [5.41, 5.74) is 7.13. The van der Waals surface area contributed by atoms with Crippen molar-refractivity contribution in [2.24, 2.45) is 11.1 Å². The van der Waals surface area contributed by atoms with Crippen LogP contribution in [0.5, 0.6) is 0 Å². The second-order valence-electron chi connectivity index (χ2n) is 5.34. The summed E-state index contributed by atoms with van der Waals surface area (Å²) in [6, 6.07) is 0. The number of thiazole rings is 1. The molecule has 1 saturated heterocycles. The summed E-state index contributed by atoms with van der Waals surface area (Å²) < 4.78 is 1.86. The lowest BCUT2D eigenvalue weighted by atomic mass is 9.90. The van der Waals surface area contributed by atoms with Crippen LogP contribution in [0.15, 0.2) is 10.2 Å². The van der Waals surface area contributed by atoms with Crippen LogP contribution in [0.2, 0.25) is 0 Å². The second kappa shape index (κ2) is 4.92. The molecule has 1 aliphatic rings. The van der Waals surface area contributed by atoms with Crippen molar-refractivity contribution < 1.29 is 0 Å². The Morgan fingerprint density at radius 3 is 2.82 bits per heavy atom. The number of hydrogen-bond acceptors (Lipinski definition) is 4. The van der Waals surface area contributed by atoms with Crippen LogP contribution in [-0.4, -0.2) is 35.6 Å². The molecule has 1 unspecified atom stereocenters. The van der Waals surface area contributed by atoms with Crippen molar-refractivity contribution in [1.82, 2.24) is 9.47 Å². The molecule has 0 saturated carbocycles. The van der Waals surface area contributed by atoms with Crippen molar-refractivity contribution in [3.63, 3.8) is 0 Å². The Hall–Kier alpha value is -0.650. The minimum atomic E-state index is 0.156. The van der Waals surface area contributed by atoms with E-state index in [-0.39, 0.29) is 10.3 Å². The van der Waals surface area contributed by atoms with Gasteiger partial charge in [0.05, 0.1) is 0 Å². The highest BCUT2D eigenvalue weighted by Crippen LogP contribution is 2.28. The van der Waals surface area contributed by atoms with Crippen LogP contribution in [0, 0.1) is 12.3 Å². The minimum absolute atomic E-state index is 0.156. The molecule has 0 aromatic carbocycles. The van der Waals surface area contributed by atoms with Gasteiger partial charge in [-0.05, 0) is 31.8 Å². The molecule has 1 atom stereocenters. The molecule has 0 amide bonds. The van der Waals surface area contributed by atoms with E-state index in [1.165, 1.54) is 17.8 Å². The Balaban J connectivity index is 1.90. The van der Waals surface area contributed by atoms with Gasteiger partial charge in [-0.25, -0.2) is 0 Å². The van der Waals surface area contributed by atoms with Crippen LogP contribution in [0.1, 0.15) is 19.0 Å². The zero-order valence-corrected chi connectivity index (χ0v) is 11.4. The molecule has 1 aliphatic heterocycles. The molecular formula is C12H21N3OS. The molecule has 0 aliphatic carbocycles. The first-order chi connectivity index (χ1) is 8.04. The first-order valence-electron chi connectivity index (χ1n) is 6.11. The summed E-state index contributed by atoms with van der Waals surface area (Å²) in [5.74, 6) is 0. The summed E-state index contributed by atoms with van der Waals surface area (Å²) in [4.78, 5) is 14.1. The molecule has 17 heavy (non-hydrogen) atoms. The predicted molar refractivity (Wildman–Crippen MR) is 71.5 cm³/mol. The van der Waals surface area contributed by atoms with E-state index in [0.717, 1.165) is 38.4 Å². The number of likely N-dealkylation sites (tertiary alicyclic amines) is 1. The number of rotatable bonds is 4. The van der Waals surface area contributed by atoms with Gasteiger partial charge < -0.3 is 15.2 Å². The summed E-state index contributed by atoms with van der Waals surface area (Å²) >= 11 is 1.29. The standard InChI is InChI=1S/C12H21N3OS/c1-10-7-17-11(16)15(10)6-5-14-4-3-12(2,8-13)9-14/h7H,3-6,8-9,13H2,1-2H3. The van der Waals surface area contributed by atoms with Crippen molar-refractivity contribution in [3.8, 4) is 0 Å². The molecule has 2 heterocycles. The Labute approximate surface area is 106 Å². The number of aryl methyl sites for hydroxylation is 1. The Morgan fingerprint density at radius 1 is 1.53 bits per heavy atom. The highest BCUT2D eigenvalue weighted by Gasteiger charge is 2.31. The van der Waals surface area contributed by atoms with E-state index in [1.807, 2.05) is 16.9 Å². The first kappa shape index (κ1) is 12.8. The van der Waals surface area contributed by atoms with E-state index >= 15 is 0 Å². The van der Waals surface area contributed by atoms with Crippen LogP contribution in [0.4, 0.5) is 0 Å². The van der Waals surface area contributed by atoms with E-state index < -0.39 is 0 Å². The van der Waals surface area contributed by atoms with E-state index in [9.17, 15) is 4.79 Å². The molecule has 4 nitrogen and oxygen atoms in total. The maximum atomic E-state index is 11.6. The van der Waals surface area contributed by atoms with Crippen molar-refractivity contribution in [1.29, 1.82) is 0 Å². The smallest absolute Gasteiger partial charge is 0.307 e. The SMILES string of the molecule is Cc1csc(=O)n1CCN1CCC(C)(CN)C1. The van der Waals surface area contributed by atoms with Crippen molar-refractivity contribution in [2.75, 3.05) is 26.2 Å². The van der Waals surface area contributed by atoms with Gasteiger partial charge in [0.15, 0.2) is 0 Å². The topological polar surface area (TPSA) is 51.3 Å². The normalized spacial score (nSPS) is 25.6.